The third-order valence-electron chi connectivity index (χ3n) is 2.02. The molecule has 7 nitrogen and oxygen atoms in total. The lowest BCUT2D eigenvalue weighted by Crippen LogP contribution is -2.28. The van der Waals surface area contributed by atoms with Crippen molar-refractivity contribution in [2.75, 3.05) is 5.73 Å². The normalized spacial score (nSPS) is 10.2. The Labute approximate surface area is 89.3 Å². The molecule has 0 aliphatic rings. The van der Waals surface area contributed by atoms with Gasteiger partial charge in [-0.2, -0.15) is 0 Å². The number of hydrogen-bond donors (Lipinski definition) is 2. The zero-order valence-electron chi connectivity index (χ0n) is 8.07. The molecule has 0 unspecified atom stereocenters. The summed E-state index contributed by atoms with van der Waals surface area (Å²) < 4.78 is 1.48. The van der Waals surface area contributed by atoms with Crippen molar-refractivity contribution in [3.8, 4) is 5.69 Å². The second-order valence-electron chi connectivity index (χ2n) is 3.07. The molecule has 0 saturated heterocycles. The van der Waals surface area contributed by atoms with Crippen molar-refractivity contribution in [1.82, 2.24) is 14.3 Å². The molecule has 1 aromatic carbocycles. The molecule has 3 N–H and O–H groups in total. The van der Waals surface area contributed by atoms with E-state index in [4.69, 9.17) is 10.8 Å². The summed E-state index contributed by atoms with van der Waals surface area (Å²) >= 11 is 0. The van der Waals surface area contributed by atoms with E-state index in [-0.39, 0.29) is 0 Å². The first-order chi connectivity index (χ1) is 7.59. The predicted octanol–water partition coefficient (Wildman–Crippen LogP) is 0.142. The van der Waals surface area contributed by atoms with Crippen molar-refractivity contribution in [1.29, 1.82) is 0 Å². The van der Waals surface area contributed by atoms with E-state index in [1.807, 2.05) is 0 Å². The monoisotopic (exact) mass is 220 g/mol. The molecule has 0 atom stereocenters. The highest BCUT2D eigenvalue weighted by Gasteiger charge is 2.11. The predicted molar refractivity (Wildman–Crippen MR) is 55.7 cm³/mol. The van der Waals surface area contributed by atoms with Crippen LogP contribution in [0.3, 0.4) is 0 Å². The second-order valence-corrected chi connectivity index (χ2v) is 3.07. The van der Waals surface area contributed by atoms with Crippen molar-refractivity contribution in [3.63, 3.8) is 0 Å². The van der Waals surface area contributed by atoms with Crippen LogP contribution in [0.4, 0.5) is 10.5 Å². The largest absolute Gasteiger partial charge is 0.463 e. The first-order valence-corrected chi connectivity index (χ1v) is 4.35. The van der Waals surface area contributed by atoms with Crippen molar-refractivity contribution in [3.05, 3.63) is 41.1 Å². The number of anilines is 1. The van der Waals surface area contributed by atoms with E-state index in [1.54, 1.807) is 24.3 Å². The summed E-state index contributed by atoms with van der Waals surface area (Å²) in [6, 6.07) is 6.43. The van der Waals surface area contributed by atoms with Crippen LogP contribution >= 0.6 is 0 Å². The van der Waals surface area contributed by atoms with Crippen LogP contribution in [0.1, 0.15) is 0 Å². The van der Waals surface area contributed by atoms with Crippen molar-refractivity contribution in [2.24, 2.45) is 0 Å². The Balaban J connectivity index is 2.53. The molecule has 0 saturated carbocycles. The molecule has 2 aromatic rings. The molecular weight excluding hydrogens is 212 g/mol. The topological polar surface area (TPSA) is 103 Å². The average molecular weight is 220 g/mol. The van der Waals surface area contributed by atoms with Crippen LogP contribution in [-0.2, 0) is 0 Å². The van der Waals surface area contributed by atoms with E-state index in [0.717, 1.165) is 10.9 Å². The minimum Gasteiger partial charge on any atom is -0.463 e. The number of carboxylic acid groups (broad SMARTS) is 1. The van der Waals surface area contributed by atoms with Crippen LogP contribution in [0.2, 0.25) is 0 Å². The smallest absolute Gasteiger partial charge is 0.436 e. The number of nitrogen functional groups attached to an aromatic ring is 1. The summed E-state index contributed by atoms with van der Waals surface area (Å²) in [6.45, 7) is 0. The van der Waals surface area contributed by atoms with E-state index in [2.05, 4.69) is 5.10 Å². The molecule has 0 fully saturated rings. The minimum absolute atomic E-state index is 0.357. The maximum Gasteiger partial charge on any atom is 0.436 e. The number of benzene rings is 1. The van der Waals surface area contributed by atoms with Crippen LogP contribution in [-0.4, -0.2) is 25.5 Å². The highest BCUT2D eigenvalue weighted by atomic mass is 16.4. The zero-order chi connectivity index (χ0) is 11.7. The molecule has 0 radical (unpaired) electrons. The fraction of sp³-hybridized carbons (Fsp3) is 0. The molecule has 7 heteroatoms. The maximum atomic E-state index is 11.5. The Hall–Kier alpha value is -2.57. The van der Waals surface area contributed by atoms with Crippen molar-refractivity contribution < 1.29 is 9.90 Å². The standard InChI is InChI=1S/C9H8N4O3/c10-6-1-3-7(4-2-6)12-5-11-13(8(12)14)9(15)16/h1-5H,10H2,(H,15,16). The van der Waals surface area contributed by atoms with E-state index in [0.29, 0.717) is 16.1 Å². The Bertz CT molecular complexity index is 582. The van der Waals surface area contributed by atoms with Gasteiger partial charge in [0.25, 0.3) is 0 Å². The molecule has 0 aliphatic carbocycles. The number of carbonyl (C=O) groups is 1. The SMILES string of the molecule is Nc1ccc(-n2cnn(C(=O)O)c2=O)cc1. The molecule has 82 valence electrons. The lowest BCUT2D eigenvalue weighted by Gasteiger charge is -1.99. The fourth-order valence-electron chi connectivity index (χ4n) is 1.25. The number of nitrogens with zero attached hydrogens (tertiary/aromatic N) is 3. The quantitative estimate of drug-likeness (QED) is 0.665. The highest BCUT2D eigenvalue weighted by Crippen LogP contribution is 2.07. The summed E-state index contributed by atoms with van der Waals surface area (Å²) in [6.07, 6.45) is -0.277. The van der Waals surface area contributed by atoms with E-state index >= 15 is 0 Å². The van der Waals surface area contributed by atoms with Gasteiger partial charge in [0.15, 0.2) is 0 Å². The van der Waals surface area contributed by atoms with E-state index in [1.165, 1.54) is 0 Å². The maximum absolute atomic E-state index is 11.5. The van der Waals surface area contributed by atoms with Crippen LogP contribution in [0.25, 0.3) is 5.69 Å². The van der Waals surface area contributed by atoms with Crippen LogP contribution in [0.5, 0.6) is 0 Å². The molecule has 1 aromatic heterocycles. The average Bonchev–Trinajstić information content (AvgIpc) is 2.61. The highest BCUT2D eigenvalue weighted by molar-refractivity contribution is 5.66. The fourth-order valence-corrected chi connectivity index (χ4v) is 1.25. The van der Waals surface area contributed by atoms with Gasteiger partial charge in [-0.3, -0.25) is 0 Å². The van der Waals surface area contributed by atoms with Gasteiger partial charge in [0.05, 0.1) is 5.69 Å². The summed E-state index contributed by atoms with van der Waals surface area (Å²) in [5.74, 6) is 0. The third kappa shape index (κ3) is 1.54. The summed E-state index contributed by atoms with van der Waals surface area (Å²) in [7, 11) is 0. The number of aromatic nitrogens is 3. The van der Waals surface area contributed by atoms with Gasteiger partial charge in [0.2, 0.25) is 0 Å². The summed E-state index contributed by atoms with van der Waals surface area (Å²) in [5.41, 5.74) is 5.82. The van der Waals surface area contributed by atoms with Crippen LogP contribution < -0.4 is 11.4 Å². The van der Waals surface area contributed by atoms with Gasteiger partial charge < -0.3 is 10.8 Å². The van der Waals surface area contributed by atoms with Crippen LogP contribution in [0, 0.1) is 0 Å². The van der Waals surface area contributed by atoms with Gasteiger partial charge in [0.1, 0.15) is 6.33 Å². The molecule has 2 rings (SSSR count). The van der Waals surface area contributed by atoms with Gasteiger partial charge in [-0.25, -0.2) is 14.2 Å². The first kappa shape index (κ1) is 9.97. The van der Waals surface area contributed by atoms with Crippen LogP contribution in [0.15, 0.2) is 35.4 Å². The van der Waals surface area contributed by atoms with E-state index in [9.17, 15) is 9.59 Å². The Kier molecular flexibility index (Phi) is 2.20. The Morgan fingerprint density at radius 3 is 2.44 bits per heavy atom. The zero-order valence-corrected chi connectivity index (χ0v) is 8.07. The lowest BCUT2D eigenvalue weighted by molar-refractivity contribution is 0.191. The molecular formula is C9H8N4O3. The summed E-state index contributed by atoms with van der Waals surface area (Å²) in [5, 5.41) is 12.1. The van der Waals surface area contributed by atoms with Crippen molar-refractivity contribution >= 4 is 11.8 Å². The molecule has 16 heavy (non-hydrogen) atoms. The second kappa shape index (κ2) is 3.54. The molecule has 0 bridgehead atoms. The van der Waals surface area contributed by atoms with Gasteiger partial charge in [0, 0.05) is 5.69 Å². The molecule has 0 aliphatic heterocycles. The first-order valence-electron chi connectivity index (χ1n) is 4.35. The Morgan fingerprint density at radius 1 is 1.31 bits per heavy atom. The van der Waals surface area contributed by atoms with Gasteiger partial charge in [-0.05, 0) is 24.3 Å². The van der Waals surface area contributed by atoms with Gasteiger partial charge >= 0.3 is 11.8 Å². The molecule has 0 amide bonds. The van der Waals surface area contributed by atoms with Gasteiger partial charge in [-0.1, -0.05) is 0 Å². The summed E-state index contributed by atoms with van der Waals surface area (Å²) in [4.78, 5) is 22.1. The Morgan fingerprint density at radius 2 is 1.94 bits per heavy atom. The number of rotatable bonds is 1. The van der Waals surface area contributed by atoms with Gasteiger partial charge in [-0.15, -0.1) is 9.78 Å². The number of nitrogens with two attached hydrogens (primary N) is 1. The molecule has 1 heterocycles. The van der Waals surface area contributed by atoms with E-state index < -0.39 is 11.8 Å². The number of hydrogen-bond acceptors (Lipinski definition) is 4. The van der Waals surface area contributed by atoms with Crippen molar-refractivity contribution in [2.45, 2.75) is 0 Å². The lowest BCUT2D eigenvalue weighted by atomic mass is 10.3. The third-order valence-corrected chi connectivity index (χ3v) is 2.02. The minimum atomic E-state index is -1.42. The molecule has 0 spiro atoms.